The number of thiazole rings is 1. The van der Waals surface area contributed by atoms with Crippen molar-refractivity contribution in [3.63, 3.8) is 0 Å². The largest absolute Gasteiger partial charge is 0.337 e. The summed E-state index contributed by atoms with van der Waals surface area (Å²) in [7, 11) is 1.77. The fraction of sp³-hybridized carbons (Fsp3) is 0.600. The molecule has 1 atom stereocenters. The van der Waals surface area contributed by atoms with Crippen LogP contribution in [0.25, 0.3) is 0 Å². The Kier molecular flexibility index (Phi) is 5.35. The second-order valence-corrected chi connectivity index (χ2v) is 6.90. The smallest absolute Gasteiger partial charge is 0.318 e. The quantitative estimate of drug-likeness (QED) is 0.906. The summed E-state index contributed by atoms with van der Waals surface area (Å²) >= 11 is 1.67. The predicted molar refractivity (Wildman–Crippen MR) is 88.4 cm³/mol. The molecule has 0 spiro atoms. The number of carbonyl (C=O) groups is 1. The molecule has 0 radical (unpaired) electrons. The van der Waals surface area contributed by atoms with Crippen molar-refractivity contribution in [3.05, 3.63) is 27.3 Å². The van der Waals surface area contributed by atoms with Crippen molar-refractivity contribution in [2.24, 2.45) is 0 Å². The van der Waals surface area contributed by atoms with Crippen LogP contribution < -0.4 is 5.32 Å². The van der Waals surface area contributed by atoms with Crippen LogP contribution in [-0.4, -0.2) is 33.1 Å². The maximum atomic E-state index is 12.3. The van der Waals surface area contributed by atoms with Gasteiger partial charge in [-0.1, -0.05) is 19.0 Å². The molecule has 2 aromatic rings. The molecule has 2 heterocycles. The lowest BCUT2D eigenvalue weighted by Crippen LogP contribution is -2.38. The molecule has 0 fully saturated rings. The molecule has 23 heavy (non-hydrogen) atoms. The Balaban J connectivity index is 2.00. The molecule has 1 N–H and O–H groups in total. The van der Waals surface area contributed by atoms with Crippen molar-refractivity contribution in [1.82, 2.24) is 25.3 Å². The highest BCUT2D eigenvalue weighted by Gasteiger charge is 2.23. The maximum Gasteiger partial charge on any atom is 0.318 e. The van der Waals surface area contributed by atoms with Crippen molar-refractivity contribution < 1.29 is 9.32 Å². The topological polar surface area (TPSA) is 84.2 Å². The van der Waals surface area contributed by atoms with Crippen LogP contribution in [0.1, 0.15) is 60.0 Å². The molecule has 2 amide bonds. The molecule has 0 aliphatic carbocycles. The first kappa shape index (κ1) is 17.4. The Hall–Kier alpha value is -1.96. The number of amides is 2. The Morgan fingerprint density at radius 3 is 2.52 bits per heavy atom. The highest BCUT2D eigenvalue weighted by atomic mass is 32.1. The lowest BCUT2D eigenvalue weighted by molar-refractivity contribution is 0.193. The monoisotopic (exact) mass is 337 g/mol. The first-order valence-electron chi connectivity index (χ1n) is 7.56. The van der Waals surface area contributed by atoms with E-state index in [1.165, 1.54) is 0 Å². The van der Waals surface area contributed by atoms with E-state index in [9.17, 15) is 4.79 Å². The standard InChI is InChI=1S/C15H23N5O2S/c1-8(2)14-17-9(3)13(23-14)10(4)20(6)15(21)16-7-12-18-11(5)19-22-12/h8,10H,7H2,1-6H3,(H,16,21)/t10-/m1/s1. The van der Waals surface area contributed by atoms with Gasteiger partial charge in [0.25, 0.3) is 0 Å². The summed E-state index contributed by atoms with van der Waals surface area (Å²) in [5.41, 5.74) is 0.985. The summed E-state index contributed by atoms with van der Waals surface area (Å²) in [4.78, 5) is 23.7. The van der Waals surface area contributed by atoms with Gasteiger partial charge in [-0.25, -0.2) is 9.78 Å². The first-order valence-corrected chi connectivity index (χ1v) is 8.38. The molecule has 2 aromatic heterocycles. The predicted octanol–water partition coefficient (Wildman–Crippen LogP) is 3.17. The van der Waals surface area contributed by atoms with Gasteiger partial charge in [0.1, 0.15) is 0 Å². The SMILES string of the molecule is Cc1noc(CNC(=O)N(C)[C@H](C)c2sc(C(C)C)nc2C)n1. The lowest BCUT2D eigenvalue weighted by Gasteiger charge is -2.24. The minimum Gasteiger partial charge on any atom is -0.337 e. The molecule has 0 bridgehead atoms. The third-order valence-corrected chi connectivity index (χ3v) is 5.21. The number of hydrogen-bond acceptors (Lipinski definition) is 6. The van der Waals surface area contributed by atoms with Crippen molar-refractivity contribution in [2.75, 3.05) is 7.05 Å². The van der Waals surface area contributed by atoms with Crippen LogP contribution in [0, 0.1) is 13.8 Å². The van der Waals surface area contributed by atoms with Gasteiger partial charge >= 0.3 is 6.03 Å². The molecule has 126 valence electrons. The molecule has 2 rings (SSSR count). The number of urea groups is 1. The first-order chi connectivity index (χ1) is 10.8. The third-order valence-electron chi connectivity index (χ3n) is 3.58. The summed E-state index contributed by atoms with van der Waals surface area (Å²) in [6.45, 7) is 10.2. The molecule has 0 saturated heterocycles. The highest BCUT2D eigenvalue weighted by molar-refractivity contribution is 7.11. The summed E-state index contributed by atoms with van der Waals surface area (Å²) in [5, 5.41) is 7.58. The van der Waals surface area contributed by atoms with E-state index in [0.29, 0.717) is 17.6 Å². The van der Waals surface area contributed by atoms with Crippen LogP contribution in [-0.2, 0) is 6.54 Å². The van der Waals surface area contributed by atoms with Crippen LogP contribution in [0.15, 0.2) is 4.52 Å². The summed E-state index contributed by atoms with van der Waals surface area (Å²) < 4.78 is 4.99. The minimum atomic E-state index is -0.188. The Labute approximate surface area is 140 Å². The van der Waals surface area contributed by atoms with Gasteiger partial charge in [-0.2, -0.15) is 4.98 Å². The van der Waals surface area contributed by atoms with Crippen molar-refractivity contribution in [1.29, 1.82) is 0 Å². The molecule has 8 heteroatoms. The number of carbonyl (C=O) groups excluding carboxylic acids is 1. The van der Waals surface area contributed by atoms with Crippen molar-refractivity contribution >= 4 is 17.4 Å². The maximum absolute atomic E-state index is 12.3. The fourth-order valence-corrected chi connectivity index (χ4v) is 3.27. The van der Waals surface area contributed by atoms with Gasteiger partial charge < -0.3 is 14.7 Å². The van der Waals surface area contributed by atoms with Gasteiger partial charge in [-0.15, -0.1) is 11.3 Å². The molecule has 7 nitrogen and oxygen atoms in total. The number of hydrogen-bond donors (Lipinski definition) is 1. The fourth-order valence-electron chi connectivity index (χ4n) is 2.10. The molecular weight excluding hydrogens is 314 g/mol. The van der Waals surface area contributed by atoms with Gasteiger partial charge in [0.2, 0.25) is 5.89 Å². The zero-order chi connectivity index (χ0) is 17.1. The number of nitrogens with one attached hydrogen (secondary N) is 1. The number of nitrogens with zero attached hydrogens (tertiary/aromatic N) is 4. The van der Waals surface area contributed by atoms with E-state index < -0.39 is 0 Å². The van der Waals surface area contributed by atoms with Gasteiger partial charge in [0, 0.05) is 17.8 Å². The summed E-state index contributed by atoms with van der Waals surface area (Å²) in [6, 6.07) is -0.239. The van der Waals surface area contributed by atoms with Gasteiger partial charge in [0.05, 0.1) is 23.3 Å². The highest BCUT2D eigenvalue weighted by Crippen LogP contribution is 2.31. The summed E-state index contributed by atoms with van der Waals surface area (Å²) in [5.74, 6) is 1.34. The Morgan fingerprint density at radius 1 is 1.30 bits per heavy atom. The normalized spacial score (nSPS) is 12.5. The van der Waals surface area contributed by atoms with E-state index in [0.717, 1.165) is 15.6 Å². The van der Waals surface area contributed by atoms with E-state index in [2.05, 4.69) is 34.3 Å². The van der Waals surface area contributed by atoms with Crippen LogP contribution in [0.3, 0.4) is 0 Å². The Morgan fingerprint density at radius 2 is 2.00 bits per heavy atom. The van der Waals surface area contributed by atoms with Gasteiger partial charge in [0.15, 0.2) is 5.82 Å². The van der Waals surface area contributed by atoms with E-state index >= 15 is 0 Å². The molecule has 0 aliphatic heterocycles. The third kappa shape index (κ3) is 4.07. The molecule has 0 aliphatic rings. The zero-order valence-corrected chi connectivity index (χ0v) is 15.2. The van der Waals surface area contributed by atoms with Crippen LogP contribution in [0.2, 0.25) is 0 Å². The van der Waals surface area contributed by atoms with E-state index in [1.54, 1.807) is 30.2 Å². The van der Waals surface area contributed by atoms with Crippen LogP contribution >= 0.6 is 11.3 Å². The number of aromatic nitrogens is 3. The Bertz CT molecular complexity index is 679. The molecule has 0 unspecified atom stereocenters. The van der Waals surface area contributed by atoms with Crippen LogP contribution in [0.4, 0.5) is 4.79 Å². The van der Waals surface area contributed by atoms with E-state index in [-0.39, 0.29) is 18.6 Å². The second kappa shape index (κ2) is 7.08. The average molecular weight is 337 g/mol. The lowest BCUT2D eigenvalue weighted by atomic mass is 10.2. The van der Waals surface area contributed by atoms with E-state index in [4.69, 9.17) is 4.52 Å². The zero-order valence-electron chi connectivity index (χ0n) is 14.4. The summed E-state index contributed by atoms with van der Waals surface area (Å²) in [6.07, 6.45) is 0. The number of rotatable bonds is 5. The van der Waals surface area contributed by atoms with E-state index in [1.807, 2.05) is 13.8 Å². The molecule has 0 saturated carbocycles. The number of aryl methyl sites for hydroxylation is 2. The van der Waals surface area contributed by atoms with Crippen molar-refractivity contribution in [2.45, 2.75) is 53.1 Å². The second-order valence-electron chi connectivity index (χ2n) is 5.84. The van der Waals surface area contributed by atoms with Crippen LogP contribution in [0.5, 0.6) is 0 Å². The molecule has 0 aromatic carbocycles. The molecular formula is C15H23N5O2S. The van der Waals surface area contributed by atoms with Crippen molar-refractivity contribution in [3.8, 4) is 0 Å². The average Bonchev–Trinajstić information content (AvgIpc) is 3.09. The van der Waals surface area contributed by atoms with Gasteiger partial charge in [-0.3, -0.25) is 0 Å². The van der Waals surface area contributed by atoms with Gasteiger partial charge in [-0.05, 0) is 20.8 Å². The minimum absolute atomic E-state index is 0.0515.